The Bertz CT molecular complexity index is 592. The van der Waals surface area contributed by atoms with Crippen LogP contribution in [0.15, 0.2) is 18.2 Å². The molecule has 0 aliphatic heterocycles. The Balaban J connectivity index is 2.03. The van der Waals surface area contributed by atoms with E-state index in [9.17, 15) is 19.6 Å². The molecule has 7 heteroatoms. The molecule has 1 saturated carbocycles. The lowest BCUT2D eigenvalue weighted by Gasteiger charge is -2.36. The number of benzene rings is 1. The van der Waals surface area contributed by atoms with Crippen molar-refractivity contribution < 1.29 is 24.4 Å². The maximum atomic E-state index is 12.4. The van der Waals surface area contributed by atoms with Gasteiger partial charge in [0.1, 0.15) is 5.75 Å². The molecule has 1 fully saturated rings. The molecule has 2 atom stereocenters. The lowest BCUT2D eigenvalue weighted by Crippen LogP contribution is -2.44. The van der Waals surface area contributed by atoms with Gasteiger partial charge in [-0.3, -0.25) is 9.59 Å². The van der Waals surface area contributed by atoms with Crippen molar-refractivity contribution >= 4 is 24.8 Å². The van der Waals surface area contributed by atoms with Gasteiger partial charge in [0.25, 0.3) is 5.91 Å². The first-order chi connectivity index (χ1) is 11.5. The van der Waals surface area contributed by atoms with Gasteiger partial charge in [-0.25, -0.2) is 0 Å². The number of hydrogen-bond donors (Lipinski definition) is 2. The smallest absolute Gasteiger partial charge is 0.483 e. The summed E-state index contributed by atoms with van der Waals surface area (Å²) in [5.41, 5.74) is 0.109. The quantitative estimate of drug-likeness (QED) is 0.588. The second kappa shape index (κ2) is 8.30. The van der Waals surface area contributed by atoms with Crippen molar-refractivity contribution in [3.05, 3.63) is 23.8 Å². The number of ether oxygens (including phenoxy) is 1. The monoisotopic (exact) mass is 333 g/mol. The maximum Gasteiger partial charge on any atom is 0.489 e. The Labute approximate surface area is 142 Å². The number of aldehydes is 1. The minimum absolute atomic E-state index is 0.0500. The third-order valence-electron chi connectivity index (χ3n) is 4.80. The van der Waals surface area contributed by atoms with Gasteiger partial charge in [0.2, 0.25) is 0 Å². The van der Waals surface area contributed by atoms with Crippen LogP contribution in [0.1, 0.15) is 43.0 Å². The molecular formula is C17H24BNO5. The number of hydrogen-bond acceptors (Lipinski definition) is 5. The summed E-state index contributed by atoms with van der Waals surface area (Å²) in [6, 6.07) is 4.73. The molecule has 1 aliphatic rings. The fourth-order valence-electron chi connectivity index (χ4n) is 3.34. The molecule has 6 nitrogen and oxygen atoms in total. The van der Waals surface area contributed by atoms with Crippen molar-refractivity contribution in [2.45, 2.75) is 38.6 Å². The minimum Gasteiger partial charge on any atom is -0.483 e. The summed E-state index contributed by atoms with van der Waals surface area (Å²) < 4.78 is 5.48. The number of likely N-dealkylation sites (N-methyl/N-ethyl adjacent to an activating group) is 1. The van der Waals surface area contributed by atoms with Crippen LogP contribution in [0.2, 0.25) is 0 Å². The second-order valence-corrected chi connectivity index (χ2v) is 6.37. The fourth-order valence-corrected chi connectivity index (χ4v) is 3.34. The van der Waals surface area contributed by atoms with Gasteiger partial charge in [-0.05, 0) is 30.3 Å². The van der Waals surface area contributed by atoms with E-state index in [1.54, 1.807) is 18.0 Å². The second-order valence-electron chi connectivity index (χ2n) is 6.37. The van der Waals surface area contributed by atoms with Gasteiger partial charge < -0.3 is 19.7 Å². The van der Waals surface area contributed by atoms with Gasteiger partial charge >= 0.3 is 7.12 Å². The van der Waals surface area contributed by atoms with Crippen molar-refractivity contribution in [2.75, 3.05) is 13.7 Å². The summed E-state index contributed by atoms with van der Waals surface area (Å²) in [6.45, 7) is 1.97. The summed E-state index contributed by atoms with van der Waals surface area (Å²) in [5.74, 6) is 0.487. The van der Waals surface area contributed by atoms with E-state index < -0.39 is 7.12 Å². The first-order valence-corrected chi connectivity index (χ1v) is 8.28. The van der Waals surface area contributed by atoms with Crippen molar-refractivity contribution in [1.29, 1.82) is 0 Å². The van der Waals surface area contributed by atoms with Crippen molar-refractivity contribution in [3.8, 4) is 5.75 Å². The average Bonchev–Trinajstić information content (AvgIpc) is 2.58. The van der Waals surface area contributed by atoms with Crippen LogP contribution in [-0.4, -0.2) is 54.0 Å². The van der Waals surface area contributed by atoms with Gasteiger partial charge in [-0.15, -0.1) is 0 Å². The molecule has 1 amide bonds. The molecular weight excluding hydrogens is 309 g/mol. The van der Waals surface area contributed by atoms with Crippen molar-refractivity contribution in [2.24, 2.45) is 5.92 Å². The van der Waals surface area contributed by atoms with Gasteiger partial charge in [0.15, 0.2) is 12.9 Å². The molecule has 1 aromatic carbocycles. The zero-order chi connectivity index (χ0) is 17.7. The third kappa shape index (κ3) is 4.16. The van der Waals surface area contributed by atoms with E-state index in [1.165, 1.54) is 18.6 Å². The maximum absolute atomic E-state index is 12.4. The predicted octanol–water partition coefficient (Wildman–Crippen LogP) is 0.595. The fraction of sp³-hybridized carbons (Fsp3) is 0.529. The Morgan fingerprint density at radius 1 is 1.38 bits per heavy atom. The Hall–Kier alpha value is -1.86. The molecule has 0 spiro atoms. The summed E-state index contributed by atoms with van der Waals surface area (Å²) >= 11 is 0. The number of carbonyl (C=O) groups is 2. The number of rotatable bonds is 6. The zero-order valence-electron chi connectivity index (χ0n) is 14.1. The highest BCUT2D eigenvalue weighted by atomic mass is 16.5. The van der Waals surface area contributed by atoms with Crippen LogP contribution in [0.25, 0.3) is 0 Å². The Morgan fingerprint density at radius 2 is 2.08 bits per heavy atom. The molecule has 0 radical (unpaired) electrons. The summed E-state index contributed by atoms with van der Waals surface area (Å²) in [7, 11) is 0.0161. The average molecular weight is 333 g/mol. The number of nitrogens with zero attached hydrogens (tertiary/aromatic N) is 1. The first kappa shape index (κ1) is 18.5. The van der Waals surface area contributed by atoms with E-state index in [4.69, 9.17) is 4.74 Å². The number of carbonyl (C=O) groups excluding carboxylic acids is 2. The number of amides is 1. The molecule has 0 saturated heterocycles. The van der Waals surface area contributed by atoms with Gasteiger partial charge in [0.05, 0.1) is 5.56 Å². The van der Waals surface area contributed by atoms with Crippen LogP contribution in [0.4, 0.5) is 0 Å². The summed E-state index contributed by atoms with van der Waals surface area (Å²) in [4.78, 5) is 25.3. The first-order valence-electron chi connectivity index (χ1n) is 8.28. The van der Waals surface area contributed by atoms with Crippen LogP contribution in [0, 0.1) is 5.92 Å². The van der Waals surface area contributed by atoms with Crippen LogP contribution in [0.5, 0.6) is 5.75 Å². The largest absolute Gasteiger partial charge is 0.489 e. The molecule has 130 valence electrons. The minimum atomic E-state index is -1.77. The summed E-state index contributed by atoms with van der Waals surface area (Å²) in [5, 5.41) is 18.6. The van der Waals surface area contributed by atoms with Gasteiger partial charge in [-0.2, -0.15) is 0 Å². The van der Waals surface area contributed by atoms with Crippen molar-refractivity contribution in [3.63, 3.8) is 0 Å². The highest BCUT2D eigenvalue weighted by molar-refractivity contribution is 6.60. The molecule has 1 aliphatic carbocycles. The molecule has 24 heavy (non-hydrogen) atoms. The van der Waals surface area contributed by atoms with Crippen LogP contribution < -0.4 is 10.2 Å². The van der Waals surface area contributed by atoms with E-state index in [0.29, 0.717) is 12.2 Å². The van der Waals surface area contributed by atoms with E-state index in [2.05, 4.69) is 6.92 Å². The van der Waals surface area contributed by atoms with E-state index in [1.807, 2.05) is 0 Å². The third-order valence-corrected chi connectivity index (χ3v) is 4.80. The van der Waals surface area contributed by atoms with Crippen LogP contribution in [0.3, 0.4) is 0 Å². The predicted molar refractivity (Wildman–Crippen MR) is 91.3 cm³/mol. The van der Waals surface area contributed by atoms with E-state index >= 15 is 0 Å². The zero-order valence-corrected chi connectivity index (χ0v) is 14.1. The molecule has 2 rings (SSSR count). The van der Waals surface area contributed by atoms with Gasteiger partial charge in [0, 0.05) is 13.1 Å². The van der Waals surface area contributed by atoms with Crippen LogP contribution in [-0.2, 0) is 4.79 Å². The molecule has 2 unspecified atom stereocenters. The van der Waals surface area contributed by atoms with E-state index in [0.717, 1.165) is 19.3 Å². The topological polar surface area (TPSA) is 87.1 Å². The van der Waals surface area contributed by atoms with Crippen molar-refractivity contribution in [1.82, 2.24) is 4.90 Å². The lowest BCUT2D eigenvalue weighted by atomic mass is 9.77. The molecule has 0 heterocycles. The molecule has 0 aromatic heterocycles. The molecule has 2 N–H and O–H groups in total. The molecule has 1 aromatic rings. The lowest BCUT2D eigenvalue weighted by molar-refractivity contribution is -0.135. The summed E-state index contributed by atoms with van der Waals surface area (Å²) in [6.07, 6.45) is 4.94. The highest BCUT2D eigenvalue weighted by Crippen LogP contribution is 2.27. The van der Waals surface area contributed by atoms with Crippen LogP contribution >= 0.6 is 0 Å². The van der Waals surface area contributed by atoms with E-state index in [-0.39, 0.29) is 35.3 Å². The normalized spacial score (nSPS) is 20.3. The highest BCUT2D eigenvalue weighted by Gasteiger charge is 2.28. The Morgan fingerprint density at radius 3 is 2.71 bits per heavy atom. The standard InChI is InChI=1S/C17H24BNO5/c1-12-6-3-4-8-15(12)19(2)17(21)11-24-16-9-5-7-14(18(22)23)13(16)10-20/h5,7,9-10,12,15,22-23H,3-4,6,8,11H2,1-2H3. The Kier molecular flexibility index (Phi) is 6.40. The SMILES string of the molecule is CC1CCCCC1N(C)C(=O)COc1cccc(B(O)O)c1C=O. The van der Waals surface area contributed by atoms with Gasteiger partial charge in [-0.1, -0.05) is 31.9 Å². The molecule has 0 bridgehead atoms.